The number of hydrogen-bond donors (Lipinski definition) is 2. The van der Waals surface area contributed by atoms with Crippen molar-refractivity contribution >= 4 is 34.9 Å². The second-order valence-electron chi connectivity index (χ2n) is 9.57. The van der Waals surface area contributed by atoms with Gasteiger partial charge in [0.1, 0.15) is 0 Å². The van der Waals surface area contributed by atoms with Gasteiger partial charge in [-0.1, -0.05) is 41.9 Å². The Morgan fingerprint density at radius 2 is 1.62 bits per heavy atom. The minimum absolute atomic E-state index is 0.193. The number of primary amides is 1. The zero-order chi connectivity index (χ0) is 29.8. The number of nitrogens with zero attached hydrogens (tertiary/aromatic N) is 1. The molecule has 0 unspecified atom stereocenters. The molecule has 0 spiro atoms. The van der Waals surface area contributed by atoms with Crippen molar-refractivity contribution in [2.45, 2.75) is 57.5 Å². The van der Waals surface area contributed by atoms with Gasteiger partial charge in [0.2, 0.25) is 11.8 Å². The van der Waals surface area contributed by atoms with Crippen molar-refractivity contribution in [1.29, 1.82) is 0 Å². The molecule has 40 heavy (non-hydrogen) atoms. The fourth-order valence-corrected chi connectivity index (χ4v) is 4.81. The minimum Gasteiger partial charge on any atom is -0.369 e. The Kier molecular flexibility index (Phi) is 9.65. The number of halogens is 7. The largest absolute Gasteiger partial charge is 0.389 e. The molecule has 0 aromatic heterocycles. The molecule has 0 saturated heterocycles. The zero-order valence-electron chi connectivity index (χ0n) is 21.2. The average Bonchev–Trinajstić information content (AvgIpc) is 2.97. The highest BCUT2D eigenvalue weighted by Crippen LogP contribution is 2.33. The molecule has 6 nitrogen and oxygen atoms in total. The van der Waals surface area contributed by atoms with Gasteiger partial charge in [0.25, 0.3) is 0 Å². The third-order valence-corrected chi connectivity index (χ3v) is 6.86. The first-order valence-corrected chi connectivity index (χ1v) is 12.6. The summed E-state index contributed by atoms with van der Waals surface area (Å²) in [5.74, 6) is -6.94. The number of nitrogens with one attached hydrogen (secondary N) is 1. The monoisotopic (exact) mass is 589 g/mol. The van der Waals surface area contributed by atoms with Gasteiger partial charge in [-0.25, -0.2) is 0 Å². The van der Waals surface area contributed by atoms with Crippen molar-refractivity contribution in [2.24, 2.45) is 22.6 Å². The summed E-state index contributed by atoms with van der Waals surface area (Å²) in [6.07, 6.45) is -16.4. The molecule has 3 atom stereocenters. The fraction of sp³-hybridized carbons (Fsp3) is 0.407. The number of Topliss-reactive ketones (excluding diaryl/α,β-unsaturated/α-hetero) is 1. The van der Waals surface area contributed by atoms with Gasteiger partial charge < -0.3 is 11.1 Å². The van der Waals surface area contributed by atoms with E-state index in [1.54, 1.807) is 49.4 Å². The molecule has 2 amide bonds. The first-order chi connectivity index (χ1) is 18.6. The number of fused-ring (bicyclic) bond motifs is 1. The summed E-state index contributed by atoms with van der Waals surface area (Å²) in [5.41, 5.74) is 7.93. The summed E-state index contributed by atoms with van der Waals surface area (Å²) in [5, 5.41) is 2.63. The normalized spacial score (nSPS) is 17.4. The lowest BCUT2D eigenvalue weighted by atomic mass is 9.83. The lowest BCUT2D eigenvalue weighted by molar-refractivity contribution is -0.152. The van der Waals surface area contributed by atoms with Crippen LogP contribution >= 0.6 is 11.6 Å². The van der Waals surface area contributed by atoms with Crippen molar-refractivity contribution in [3.63, 3.8) is 0 Å². The highest BCUT2D eigenvalue weighted by atomic mass is 35.5. The van der Waals surface area contributed by atoms with E-state index in [0.717, 1.165) is 5.56 Å². The van der Waals surface area contributed by atoms with Crippen LogP contribution in [-0.2, 0) is 20.8 Å². The molecule has 13 heteroatoms. The van der Waals surface area contributed by atoms with E-state index in [1.807, 2.05) is 0 Å². The Morgan fingerprint density at radius 1 is 1.02 bits per heavy atom. The summed E-state index contributed by atoms with van der Waals surface area (Å²) in [7, 11) is 0. The minimum atomic E-state index is -4.76. The molecule has 1 aliphatic rings. The van der Waals surface area contributed by atoms with E-state index in [4.69, 9.17) is 17.3 Å². The van der Waals surface area contributed by atoms with Gasteiger partial charge in [-0.05, 0) is 43.0 Å². The number of aryl methyl sites for hydroxylation is 1. The molecular formula is C27H26ClF6N3O3. The maximum atomic E-state index is 13.3. The van der Waals surface area contributed by atoms with Gasteiger partial charge in [-0.2, -0.15) is 26.3 Å². The smallest absolute Gasteiger partial charge is 0.369 e. The van der Waals surface area contributed by atoms with Crippen LogP contribution in [0.4, 0.5) is 26.3 Å². The highest BCUT2D eigenvalue weighted by molar-refractivity contribution is 6.31. The lowest BCUT2D eigenvalue weighted by Crippen LogP contribution is -2.47. The number of ketones is 1. The molecule has 0 saturated carbocycles. The van der Waals surface area contributed by atoms with E-state index in [-0.39, 0.29) is 12.1 Å². The second-order valence-corrected chi connectivity index (χ2v) is 10.0. The molecule has 1 heterocycles. The molecule has 216 valence electrons. The summed E-state index contributed by atoms with van der Waals surface area (Å²) in [4.78, 5) is 43.0. The van der Waals surface area contributed by atoms with Crippen LogP contribution in [0.3, 0.4) is 0 Å². The molecule has 2 aromatic rings. The van der Waals surface area contributed by atoms with Crippen molar-refractivity contribution in [3.8, 4) is 0 Å². The van der Waals surface area contributed by atoms with Gasteiger partial charge in [-0.15, -0.1) is 0 Å². The quantitative estimate of drug-likeness (QED) is 0.380. The topological polar surface area (TPSA) is 102 Å². The third-order valence-electron chi connectivity index (χ3n) is 6.62. The van der Waals surface area contributed by atoms with Crippen molar-refractivity contribution in [3.05, 3.63) is 69.7 Å². The highest BCUT2D eigenvalue weighted by Gasteiger charge is 2.40. The van der Waals surface area contributed by atoms with Crippen LogP contribution < -0.4 is 11.1 Å². The number of hydrogen-bond acceptors (Lipinski definition) is 4. The maximum Gasteiger partial charge on any atom is 0.389 e. The Morgan fingerprint density at radius 3 is 2.20 bits per heavy atom. The van der Waals surface area contributed by atoms with Gasteiger partial charge in [-0.3, -0.25) is 19.4 Å². The predicted molar refractivity (Wildman–Crippen MR) is 136 cm³/mol. The van der Waals surface area contributed by atoms with E-state index >= 15 is 0 Å². The second kappa shape index (κ2) is 12.4. The molecule has 0 aliphatic carbocycles. The molecule has 1 aliphatic heterocycles. The molecule has 0 radical (unpaired) electrons. The van der Waals surface area contributed by atoms with Gasteiger partial charge >= 0.3 is 12.4 Å². The lowest BCUT2D eigenvalue weighted by Gasteiger charge is -2.26. The zero-order valence-corrected chi connectivity index (χ0v) is 22.0. The van der Waals surface area contributed by atoms with E-state index in [2.05, 4.69) is 10.3 Å². The predicted octanol–water partition coefficient (Wildman–Crippen LogP) is 5.46. The number of aliphatic imine (C=N–C) groups is 1. The van der Waals surface area contributed by atoms with Crippen molar-refractivity contribution in [2.75, 3.05) is 0 Å². The Hall–Kier alpha value is -3.41. The molecule has 3 rings (SSSR count). The first kappa shape index (κ1) is 31.1. The number of alkyl halides is 6. The fourth-order valence-electron chi connectivity index (χ4n) is 4.62. The number of rotatable bonds is 9. The number of benzene rings is 2. The number of carbonyl (C=O) groups excluding carboxylic acids is 3. The summed E-state index contributed by atoms with van der Waals surface area (Å²) >= 11 is 6.14. The number of nitrogens with two attached hydrogens (primary N) is 1. The van der Waals surface area contributed by atoms with Gasteiger partial charge in [0, 0.05) is 47.2 Å². The molecule has 3 N–H and O–H groups in total. The summed E-state index contributed by atoms with van der Waals surface area (Å²) < 4.78 is 77.8. The van der Waals surface area contributed by atoms with Crippen LogP contribution in [0.25, 0.3) is 0 Å². The van der Waals surface area contributed by atoms with Gasteiger partial charge in [0.05, 0.1) is 5.71 Å². The summed E-state index contributed by atoms with van der Waals surface area (Å²) in [6.45, 7) is 1.77. The summed E-state index contributed by atoms with van der Waals surface area (Å²) in [6, 6.07) is 11.7. The van der Waals surface area contributed by atoms with Crippen LogP contribution in [0.15, 0.2) is 47.5 Å². The van der Waals surface area contributed by atoms with Gasteiger partial charge in [0.15, 0.2) is 11.9 Å². The third kappa shape index (κ3) is 8.30. The van der Waals surface area contributed by atoms with E-state index in [0.29, 0.717) is 21.7 Å². The SMILES string of the molecule is Cc1cccc2c1CC(=O)[C@@H](NC(=O)[C@H](CCC(F)(F)F)[C@H](CCC(F)(F)F)C(N)=O)N=C2c1cccc(Cl)c1. The first-order valence-electron chi connectivity index (χ1n) is 12.2. The standard InChI is InChI=1S/C27H26ClF6N3O3/c1-14-4-2-7-17-20(14)13-21(38)24(36-22(17)15-5-3-6-16(28)12-15)37-25(40)19(9-11-27(32,33)34)18(23(35)39)8-10-26(29,30)31/h2-7,12,18-19,24H,8-11,13H2,1H3,(H2,35,39)(H,37,40)/t18-,19+,24+/m0/s1. The van der Waals surface area contributed by atoms with Crippen LogP contribution in [-0.4, -0.2) is 41.8 Å². The van der Waals surface area contributed by atoms with E-state index < -0.39 is 73.6 Å². The number of carbonyl (C=O) groups is 3. The van der Waals surface area contributed by atoms with E-state index in [9.17, 15) is 40.7 Å². The Bertz CT molecular complexity index is 1310. The van der Waals surface area contributed by atoms with Crippen molar-refractivity contribution < 1.29 is 40.7 Å². The maximum absolute atomic E-state index is 13.3. The molecule has 2 aromatic carbocycles. The average molecular weight is 590 g/mol. The van der Waals surface area contributed by atoms with Crippen LogP contribution in [0, 0.1) is 18.8 Å². The van der Waals surface area contributed by atoms with Crippen LogP contribution in [0.2, 0.25) is 5.02 Å². The van der Waals surface area contributed by atoms with Crippen LogP contribution in [0.1, 0.15) is 47.9 Å². The van der Waals surface area contributed by atoms with E-state index in [1.165, 1.54) is 0 Å². The molecular weight excluding hydrogens is 564 g/mol. The Labute approximate surface area is 231 Å². The Balaban J connectivity index is 2.02. The number of amides is 2. The molecule has 0 bridgehead atoms. The van der Waals surface area contributed by atoms with Crippen LogP contribution in [0.5, 0.6) is 0 Å². The van der Waals surface area contributed by atoms with Crippen molar-refractivity contribution in [1.82, 2.24) is 5.32 Å². The molecule has 0 fully saturated rings.